The maximum absolute atomic E-state index is 12.1. The van der Waals surface area contributed by atoms with Gasteiger partial charge in [-0.15, -0.1) is 11.3 Å². The van der Waals surface area contributed by atoms with Crippen LogP contribution in [0.15, 0.2) is 6.07 Å². The molecule has 0 aliphatic carbocycles. The van der Waals surface area contributed by atoms with E-state index in [0.29, 0.717) is 26.7 Å². The molecule has 2 nitrogen and oxygen atoms in total. The smallest absolute Gasteiger partial charge is 0.179 e. The number of ketones is 1. The summed E-state index contributed by atoms with van der Waals surface area (Å²) in [6, 6.07) is 1.65. The molecular formula is C12H17Cl2NOS. The first-order valence-corrected chi connectivity index (χ1v) is 7.21. The van der Waals surface area contributed by atoms with E-state index >= 15 is 0 Å². The number of likely N-dealkylation sites (N-methyl/N-ethyl adjacent to an activating group) is 1. The Morgan fingerprint density at radius 3 is 2.53 bits per heavy atom. The third-order valence-corrected chi connectivity index (χ3v) is 3.88. The van der Waals surface area contributed by atoms with Crippen molar-refractivity contribution in [1.29, 1.82) is 0 Å². The Morgan fingerprint density at radius 2 is 2.12 bits per heavy atom. The lowest BCUT2D eigenvalue weighted by atomic mass is 10.1. The summed E-state index contributed by atoms with van der Waals surface area (Å²) in [5, 5.41) is 0. The van der Waals surface area contributed by atoms with Gasteiger partial charge >= 0.3 is 0 Å². The number of Topliss-reactive ketones (excluding diaryl/α,β-unsaturated/α-hetero) is 1. The van der Waals surface area contributed by atoms with E-state index in [1.807, 2.05) is 0 Å². The summed E-state index contributed by atoms with van der Waals surface area (Å²) < 4.78 is 1.05. The van der Waals surface area contributed by atoms with Crippen LogP contribution in [0, 0.1) is 5.92 Å². The highest BCUT2D eigenvalue weighted by Crippen LogP contribution is 2.31. The molecular weight excluding hydrogens is 277 g/mol. The third kappa shape index (κ3) is 4.59. The van der Waals surface area contributed by atoms with Crippen LogP contribution in [-0.4, -0.2) is 30.3 Å². The molecule has 5 heteroatoms. The zero-order valence-electron chi connectivity index (χ0n) is 10.3. The molecule has 1 aromatic heterocycles. The van der Waals surface area contributed by atoms with Crippen LogP contribution in [-0.2, 0) is 0 Å². The molecule has 17 heavy (non-hydrogen) atoms. The van der Waals surface area contributed by atoms with E-state index < -0.39 is 0 Å². The van der Waals surface area contributed by atoms with E-state index in [2.05, 4.69) is 25.7 Å². The fourth-order valence-corrected chi connectivity index (χ4v) is 3.14. The molecule has 0 aliphatic rings. The molecule has 1 aromatic rings. The Hall–Kier alpha value is -0.0900. The summed E-state index contributed by atoms with van der Waals surface area (Å²) in [5.74, 6) is 0.588. The normalized spacial score (nSPS) is 11.5. The first kappa shape index (κ1) is 15.0. The number of nitrogens with zero attached hydrogens (tertiary/aromatic N) is 1. The van der Waals surface area contributed by atoms with Gasteiger partial charge in [0.15, 0.2) is 5.78 Å². The zero-order valence-corrected chi connectivity index (χ0v) is 12.6. The van der Waals surface area contributed by atoms with Crippen LogP contribution in [0.2, 0.25) is 8.67 Å². The fraction of sp³-hybridized carbons (Fsp3) is 0.583. The van der Waals surface area contributed by atoms with E-state index in [4.69, 9.17) is 23.2 Å². The highest BCUT2D eigenvalue weighted by Gasteiger charge is 2.17. The molecule has 0 radical (unpaired) electrons. The molecule has 0 amide bonds. The lowest BCUT2D eigenvalue weighted by Gasteiger charge is -2.21. The molecule has 1 heterocycles. The van der Waals surface area contributed by atoms with Crippen LogP contribution in [0.4, 0.5) is 0 Å². The minimum atomic E-state index is 0.0423. The fourth-order valence-electron chi connectivity index (χ4n) is 1.64. The van der Waals surface area contributed by atoms with Crippen molar-refractivity contribution < 1.29 is 4.79 Å². The van der Waals surface area contributed by atoms with Crippen LogP contribution >= 0.6 is 34.5 Å². The van der Waals surface area contributed by atoms with Crippen LogP contribution in [0.1, 0.15) is 31.1 Å². The molecule has 0 saturated carbocycles. The average molecular weight is 294 g/mol. The van der Waals surface area contributed by atoms with Crippen LogP contribution in [0.5, 0.6) is 0 Å². The third-order valence-electron chi connectivity index (χ3n) is 2.39. The standard InChI is InChI=1S/C12H17Cl2NOS/c1-4-15(6-8(2)3)7-10(16)9-5-11(13)17-12(9)14/h5,8H,4,6-7H2,1-3H3. The zero-order chi connectivity index (χ0) is 13.0. The minimum Gasteiger partial charge on any atom is -0.296 e. The van der Waals surface area contributed by atoms with Crippen LogP contribution < -0.4 is 0 Å². The highest BCUT2D eigenvalue weighted by atomic mass is 35.5. The van der Waals surface area contributed by atoms with Gasteiger partial charge in [0.2, 0.25) is 0 Å². The Labute approximate surface area is 117 Å². The largest absolute Gasteiger partial charge is 0.296 e. The number of carbonyl (C=O) groups excluding carboxylic acids is 1. The Balaban J connectivity index is 2.67. The van der Waals surface area contributed by atoms with Gasteiger partial charge in [0.1, 0.15) is 4.34 Å². The molecule has 0 fully saturated rings. The molecule has 0 bridgehead atoms. The summed E-state index contributed by atoms with van der Waals surface area (Å²) >= 11 is 13.0. The molecule has 0 spiro atoms. The number of thiophene rings is 1. The second-order valence-electron chi connectivity index (χ2n) is 4.38. The predicted molar refractivity (Wildman–Crippen MR) is 75.6 cm³/mol. The van der Waals surface area contributed by atoms with Gasteiger partial charge in [-0.2, -0.15) is 0 Å². The van der Waals surface area contributed by atoms with Crippen molar-refractivity contribution in [1.82, 2.24) is 4.90 Å². The predicted octanol–water partition coefficient (Wildman–Crippen LogP) is 4.22. The van der Waals surface area contributed by atoms with Crippen molar-refractivity contribution in [3.05, 3.63) is 20.3 Å². The molecule has 0 saturated heterocycles. The van der Waals surface area contributed by atoms with Crippen molar-refractivity contribution in [2.24, 2.45) is 5.92 Å². The number of hydrogen-bond donors (Lipinski definition) is 0. The van der Waals surface area contributed by atoms with Crippen LogP contribution in [0.25, 0.3) is 0 Å². The molecule has 0 aliphatic heterocycles. The maximum Gasteiger partial charge on any atom is 0.179 e. The second-order valence-corrected chi connectivity index (χ2v) is 6.67. The number of halogens is 2. The second kappa shape index (κ2) is 6.74. The van der Waals surface area contributed by atoms with Crippen molar-refractivity contribution in [3.8, 4) is 0 Å². The van der Waals surface area contributed by atoms with Crippen molar-refractivity contribution in [2.75, 3.05) is 19.6 Å². The Morgan fingerprint density at radius 1 is 1.47 bits per heavy atom. The summed E-state index contributed by atoms with van der Waals surface area (Å²) in [6.07, 6.45) is 0. The number of rotatable bonds is 6. The van der Waals surface area contributed by atoms with E-state index in [0.717, 1.165) is 13.1 Å². The molecule has 0 atom stereocenters. The lowest BCUT2D eigenvalue weighted by Crippen LogP contribution is -2.32. The van der Waals surface area contributed by atoms with Gasteiger partial charge in [-0.25, -0.2) is 0 Å². The average Bonchev–Trinajstić information content (AvgIpc) is 2.56. The summed E-state index contributed by atoms with van der Waals surface area (Å²) in [7, 11) is 0. The van der Waals surface area contributed by atoms with Crippen LogP contribution in [0.3, 0.4) is 0 Å². The van der Waals surface area contributed by atoms with Gasteiger partial charge in [0.05, 0.1) is 16.4 Å². The molecule has 0 N–H and O–H groups in total. The topological polar surface area (TPSA) is 20.3 Å². The van der Waals surface area contributed by atoms with E-state index in [1.165, 1.54) is 11.3 Å². The van der Waals surface area contributed by atoms with Crippen molar-refractivity contribution in [3.63, 3.8) is 0 Å². The Bertz CT molecular complexity index is 390. The molecule has 0 aromatic carbocycles. The molecule has 0 unspecified atom stereocenters. The first-order chi connectivity index (χ1) is 7.93. The van der Waals surface area contributed by atoms with E-state index in [-0.39, 0.29) is 5.78 Å². The minimum absolute atomic E-state index is 0.0423. The van der Waals surface area contributed by atoms with Gasteiger partial charge < -0.3 is 0 Å². The van der Waals surface area contributed by atoms with Gasteiger partial charge in [0, 0.05) is 6.54 Å². The lowest BCUT2D eigenvalue weighted by molar-refractivity contribution is 0.0927. The monoisotopic (exact) mass is 293 g/mol. The maximum atomic E-state index is 12.1. The number of hydrogen-bond acceptors (Lipinski definition) is 3. The molecule has 96 valence electrons. The van der Waals surface area contributed by atoms with E-state index in [1.54, 1.807) is 6.07 Å². The van der Waals surface area contributed by atoms with Gasteiger partial charge in [0.25, 0.3) is 0 Å². The van der Waals surface area contributed by atoms with E-state index in [9.17, 15) is 4.79 Å². The summed E-state index contributed by atoms with van der Waals surface area (Å²) in [6.45, 7) is 8.51. The van der Waals surface area contributed by atoms with Gasteiger partial charge in [-0.1, -0.05) is 44.0 Å². The summed E-state index contributed by atoms with van der Waals surface area (Å²) in [4.78, 5) is 14.2. The van der Waals surface area contributed by atoms with Gasteiger partial charge in [-0.05, 0) is 18.5 Å². The summed E-state index contributed by atoms with van der Waals surface area (Å²) in [5.41, 5.74) is 0.545. The number of carbonyl (C=O) groups is 1. The van der Waals surface area contributed by atoms with Crippen molar-refractivity contribution in [2.45, 2.75) is 20.8 Å². The van der Waals surface area contributed by atoms with Crippen molar-refractivity contribution >= 4 is 40.3 Å². The first-order valence-electron chi connectivity index (χ1n) is 5.64. The quantitative estimate of drug-likeness (QED) is 0.732. The SMILES string of the molecule is CCN(CC(=O)c1cc(Cl)sc1Cl)CC(C)C. The molecule has 1 rings (SSSR count). The highest BCUT2D eigenvalue weighted by molar-refractivity contribution is 7.20. The van der Waals surface area contributed by atoms with Gasteiger partial charge in [-0.3, -0.25) is 9.69 Å². The Kier molecular flexibility index (Phi) is 5.93.